The third-order valence-corrected chi connectivity index (χ3v) is 3.85. The number of carbonyl (C=O) groups is 2. The second-order valence-corrected chi connectivity index (χ2v) is 5.05. The van der Waals surface area contributed by atoms with Crippen LogP contribution < -0.4 is 16.4 Å². The molecule has 5 heteroatoms. The lowest BCUT2D eigenvalue weighted by Crippen LogP contribution is -2.50. The van der Waals surface area contributed by atoms with Crippen LogP contribution in [0.2, 0.25) is 0 Å². The minimum Gasteiger partial charge on any atom is -0.351 e. The fraction of sp³-hybridized carbons (Fsp3) is 0.833. The first kappa shape index (κ1) is 12.4. The van der Waals surface area contributed by atoms with Crippen LogP contribution in [0, 0.1) is 5.92 Å². The summed E-state index contributed by atoms with van der Waals surface area (Å²) in [7, 11) is 0. The molecule has 0 radical (unpaired) electrons. The number of hydrogen-bond donors (Lipinski definition) is 3. The number of nitrogens with one attached hydrogen (secondary N) is 2. The molecule has 96 valence electrons. The molecule has 0 aromatic carbocycles. The fourth-order valence-corrected chi connectivity index (χ4v) is 2.77. The SMILES string of the molecule is NCC1CCCCC1NC(=O)[C@H]1CCC(=O)N1. The average Bonchev–Trinajstić information content (AvgIpc) is 2.77. The Bertz CT molecular complexity index is 306. The molecule has 2 amide bonds. The smallest absolute Gasteiger partial charge is 0.242 e. The first-order chi connectivity index (χ1) is 8.20. The molecule has 3 atom stereocenters. The van der Waals surface area contributed by atoms with Gasteiger partial charge in [0.1, 0.15) is 6.04 Å². The average molecular weight is 239 g/mol. The molecule has 2 unspecified atom stereocenters. The van der Waals surface area contributed by atoms with E-state index in [0.29, 0.717) is 25.3 Å². The molecule has 0 aromatic rings. The van der Waals surface area contributed by atoms with Crippen LogP contribution >= 0.6 is 0 Å². The molecule has 1 heterocycles. The van der Waals surface area contributed by atoms with Crippen LogP contribution in [0.5, 0.6) is 0 Å². The summed E-state index contributed by atoms with van der Waals surface area (Å²) in [5, 5.41) is 5.74. The molecule has 1 aliphatic heterocycles. The third-order valence-electron chi connectivity index (χ3n) is 3.85. The maximum atomic E-state index is 12.0. The molecule has 5 nitrogen and oxygen atoms in total. The third kappa shape index (κ3) is 2.97. The summed E-state index contributed by atoms with van der Waals surface area (Å²) >= 11 is 0. The van der Waals surface area contributed by atoms with Crippen LogP contribution in [0.15, 0.2) is 0 Å². The van der Waals surface area contributed by atoms with Crippen molar-refractivity contribution in [3.05, 3.63) is 0 Å². The minimum absolute atomic E-state index is 0.0239. The Kier molecular flexibility index (Phi) is 3.99. The Hall–Kier alpha value is -1.10. The highest BCUT2D eigenvalue weighted by atomic mass is 16.2. The summed E-state index contributed by atoms with van der Waals surface area (Å²) in [6.07, 6.45) is 5.54. The van der Waals surface area contributed by atoms with E-state index in [9.17, 15) is 9.59 Å². The molecule has 0 bridgehead atoms. The van der Waals surface area contributed by atoms with E-state index in [1.165, 1.54) is 6.42 Å². The monoisotopic (exact) mass is 239 g/mol. The predicted octanol–water partition coefficient (Wildman–Crippen LogP) is -0.101. The Balaban J connectivity index is 1.86. The predicted molar refractivity (Wildman–Crippen MR) is 64.1 cm³/mol. The van der Waals surface area contributed by atoms with Gasteiger partial charge in [-0.2, -0.15) is 0 Å². The van der Waals surface area contributed by atoms with E-state index >= 15 is 0 Å². The normalized spacial score (nSPS) is 33.2. The lowest BCUT2D eigenvalue weighted by Gasteiger charge is -2.32. The van der Waals surface area contributed by atoms with Crippen molar-refractivity contribution < 1.29 is 9.59 Å². The lowest BCUT2D eigenvalue weighted by atomic mass is 9.84. The topological polar surface area (TPSA) is 84.2 Å². The number of rotatable bonds is 3. The summed E-state index contributed by atoms with van der Waals surface area (Å²) < 4.78 is 0. The number of nitrogens with two attached hydrogens (primary N) is 1. The van der Waals surface area contributed by atoms with Gasteiger partial charge in [0, 0.05) is 12.5 Å². The zero-order valence-electron chi connectivity index (χ0n) is 10.1. The van der Waals surface area contributed by atoms with Crippen molar-refractivity contribution in [2.24, 2.45) is 11.7 Å². The van der Waals surface area contributed by atoms with Gasteiger partial charge < -0.3 is 16.4 Å². The van der Waals surface area contributed by atoms with Crippen LogP contribution in [-0.4, -0.2) is 30.4 Å². The molecule has 0 aromatic heterocycles. The summed E-state index contributed by atoms with van der Waals surface area (Å²) in [6, 6.07) is -0.137. The zero-order chi connectivity index (χ0) is 12.3. The molecule has 4 N–H and O–H groups in total. The van der Waals surface area contributed by atoms with Gasteiger partial charge in [0.25, 0.3) is 0 Å². The van der Waals surface area contributed by atoms with Gasteiger partial charge in [0.2, 0.25) is 11.8 Å². The molecular formula is C12H21N3O2. The Morgan fingerprint density at radius 3 is 2.76 bits per heavy atom. The Morgan fingerprint density at radius 2 is 2.12 bits per heavy atom. The Morgan fingerprint density at radius 1 is 1.35 bits per heavy atom. The van der Waals surface area contributed by atoms with Gasteiger partial charge in [0.15, 0.2) is 0 Å². The Labute approximate surface area is 102 Å². The first-order valence-electron chi connectivity index (χ1n) is 6.50. The van der Waals surface area contributed by atoms with E-state index in [-0.39, 0.29) is 23.9 Å². The van der Waals surface area contributed by atoms with Gasteiger partial charge in [-0.05, 0) is 31.7 Å². The number of carbonyl (C=O) groups excluding carboxylic acids is 2. The standard InChI is InChI=1S/C12H21N3O2/c13-7-8-3-1-2-4-9(8)15-12(17)10-5-6-11(16)14-10/h8-10H,1-7,13H2,(H,14,16)(H,15,17)/t8?,9?,10-/m1/s1. The quantitative estimate of drug-likeness (QED) is 0.643. The second kappa shape index (κ2) is 5.49. The molecule has 2 fully saturated rings. The van der Waals surface area contributed by atoms with Crippen molar-refractivity contribution in [3.63, 3.8) is 0 Å². The van der Waals surface area contributed by atoms with Gasteiger partial charge in [-0.1, -0.05) is 12.8 Å². The van der Waals surface area contributed by atoms with Crippen LogP contribution in [0.3, 0.4) is 0 Å². The van der Waals surface area contributed by atoms with Gasteiger partial charge in [-0.3, -0.25) is 9.59 Å². The van der Waals surface area contributed by atoms with E-state index < -0.39 is 0 Å². The van der Waals surface area contributed by atoms with Crippen LogP contribution in [0.1, 0.15) is 38.5 Å². The van der Waals surface area contributed by atoms with Gasteiger partial charge in [-0.25, -0.2) is 0 Å². The number of amides is 2. The van der Waals surface area contributed by atoms with Crippen molar-refractivity contribution in [2.75, 3.05) is 6.54 Å². The minimum atomic E-state index is -0.331. The molecule has 2 aliphatic rings. The van der Waals surface area contributed by atoms with E-state index in [1.807, 2.05) is 0 Å². The van der Waals surface area contributed by atoms with Crippen molar-refractivity contribution >= 4 is 11.8 Å². The highest BCUT2D eigenvalue weighted by Crippen LogP contribution is 2.23. The highest BCUT2D eigenvalue weighted by molar-refractivity contribution is 5.90. The molecule has 2 rings (SSSR count). The molecule has 1 saturated heterocycles. The zero-order valence-corrected chi connectivity index (χ0v) is 10.1. The summed E-state index contributed by atoms with van der Waals surface area (Å²) in [5.41, 5.74) is 5.72. The summed E-state index contributed by atoms with van der Waals surface area (Å²) in [4.78, 5) is 23.0. The van der Waals surface area contributed by atoms with Gasteiger partial charge in [0.05, 0.1) is 0 Å². The van der Waals surface area contributed by atoms with Gasteiger partial charge in [-0.15, -0.1) is 0 Å². The maximum absolute atomic E-state index is 12.0. The van der Waals surface area contributed by atoms with E-state index in [2.05, 4.69) is 10.6 Å². The lowest BCUT2D eigenvalue weighted by molar-refractivity contribution is -0.126. The summed E-state index contributed by atoms with van der Waals surface area (Å²) in [6.45, 7) is 0.627. The first-order valence-corrected chi connectivity index (χ1v) is 6.50. The van der Waals surface area contributed by atoms with Crippen LogP contribution in [0.25, 0.3) is 0 Å². The van der Waals surface area contributed by atoms with E-state index in [4.69, 9.17) is 5.73 Å². The van der Waals surface area contributed by atoms with Crippen LogP contribution in [-0.2, 0) is 9.59 Å². The molecule has 1 aliphatic carbocycles. The molecule has 17 heavy (non-hydrogen) atoms. The summed E-state index contributed by atoms with van der Waals surface area (Å²) in [5.74, 6) is 0.329. The molecule has 1 saturated carbocycles. The van der Waals surface area contributed by atoms with E-state index in [1.54, 1.807) is 0 Å². The van der Waals surface area contributed by atoms with E-state index in [0.717, 1.165) is 19.3 Å². The number of hydrogen-bond acceptors (Lipinski definition) is 3. The van der Waals surface area contributed by atoms with Crippen LogP contribution in [0.4, 0.5) is 0 Å². The highest BCUT2D eigenvalue weighted by Gasteiger charge is 2.31. The van der Waals surface area contributed by atoms with Crippen molar-refractivity contribution in [3.8, 4) is 0 Å². The second-order valence-electron chi connectivity index (χ2n) is 5.05. The van der Waals surface area contributed by atoms with Crippen molar-refractivity contribution in [2.45, 2.75) is 50.6 Å². The van der Waals surface area contributed by atoms with Crippen molar-refractivity contribution in [1.82, 2.24) is 10.6 Å². The molecular weight excluding hydrogens is 218 g/mol. The maximum Gasteiger partial charge on any atom is 0.242 e. The van der Waals surface area contributed by atoms with Crippen molar-refractivity contribution in [1.29, 1.82) is 0 Å². The fourth-order valence-electron chi connectivity index (χ4n) is 2.77. The molecule has 0 spiro atoms. The van der Waals surface area contributed by atoms with Gasteiger partial charge >= 0.3 is 0 Å². The largest absolute Gasteiger partial charge is 0.351 e.